The quantitative estimate of drug-likeness (QED) is 0.811. The van der Waals surface area contributed by atoms with Crippen LogP contribution in [-0.2, 0) is 16.0 Å². The second-order valence-corrected chi connectivity index (χ2v) is 6.84. The Kier molecular flexibility index (Phi) is 6.64. The number of carbonyl (C=O) groups is 2. The van der Waals surface area contributed by atoms with Crippen molar-refractivity contribution in [3.8, 4) is 0 Å². The van der Waals surface area contributed by atoms with E-state index in [0.29, 0.717) is 17.1 Å². The van der Waals surface area contributed by atoms with Gasteiger partial charge in [0.2, 0.25) is 11.8 Å². The Morgan fingerprint density at radius 1 is 1.12 bits per heavy atom. The first-order valence-corrected chi connectivity index (χ1v) is 8.77. The molecule has 0 spiro atoms. The van der Waals surface area contributed by atoms with Crippen molar-refractivity contribution in [2.75, 3.05) is 24.7 Å². The van der Waals surface area contributed by atoms with Gasteiger partial charge in [0.05, 0.1) is 6.42 Å². The smallest absolute Gasteiger partial charge is 0.246 e. The van der Waals surface area contributed by atoms with Crippen molar-refractivity contribution in [1.82, 2.24) is 4.90 Å². The summed E-state index contributed by atoms with van der Waals surface area (Å²) in [6.07, 6.45) is 0.358. The van der Waals surface area contributed by atoms with Gasteiger partial charge in [-0.2, -0.15) is 0 Å². The number of amides is 2. The van der Waals surface area contributed by atoms with E-state index in [1.54, 1.807) is 38.1 Å². The maximum Gasteiger partial charge on any atom is 0.246 e. The van der Waals surface area contributed by atoms with Gasteiger partial charge in [0, 0.05) is 30.5 Å². The van der Waals surface area contributed by atoms with E-state index in [4.69, 9.17) is 11.6 Å². The highest BCUT2D eigenvalue weighted by Crippen LogP contribution is 2.23. The number of rotatable bonds is 6. The first-order chi connectivity index (χ1) is 12.3. The fourth-order valence-corrected chi connectivity index (χ4v) is 2.53. The highest BCUT2D eigenvalue weighted by Gasteiger charge is 2.14. The molecule has 0 bridgehead atoms. The summed E-state index contributed by atoms with van der Waals surface area (Å²) in [6, 6.07) is 12.5. The van der Waals surface area contributed by atoms with E-state index in [1.807, 2.05) is 37.3 Å². The summed E-state index contributed by atoms with van der Waals surface area (Å²) in [4.78, 5) is 25.7. The maximum atomic E-state index is 12.4. The Hall–Kier alpha value is -2.53. The SMILES string of the molecule is Cc1c(Cl)cccc1NC(=O)C(C)Nc1ccc(CC(=O)N(C)C)cc1. The number of hydrogen-bond acceptors (Lipinski definition) is 3. The second-order valence-electron chi connectivity index (χ2n) is 6.43. The van der Waals surface area contributed by atoms with Crippen LogP contribution in [0, 0.1) is 6.92 Å². The molecule has 0 aliphatic carbocycles. The maximum absolute atomic E-state index is 12.4. The summed E-state index contributed by atoms with van der Waals surface area (Å²) in [6.45, 7) is 3.66. The number of likely N-dealkylation sites (N-methyl/N-ethyl adjacent to an activating group) is 1. The van der Waals surface area contributed by atoms with Crippen LogP contribution in [0.3, 0.4) is 0 Å². The molecule has 0 aliphatic rings. The lowest BCUT2D eigenvalue weighted by atomic mass is 10.1. The molecule has 1 unspecified atom stereocenters. The van der Waals surface area contributed by atoms with Gasteiger partial charge in [0.25, 0.3) is 0 Å². The summed E-state index contributed by atoms with van der Waals surface area (Å²) in [5, 5.41) is 6.66. The highest BCUT2D eigenvalue weighted by molar-refractivity contribution is 6.31. The Labute approximate surface area is 159 Å². The Balaban J connectivity index is 1.96. The van der Waals surface area contributed by atoms with E-state index in [9.17, 15) is 9.59 Å². The molecule has 0 fully saturated rings. The van der Waals surface area contributed by atoms with Gasteiger partial charge in [-0.1, -0.05) is 29.8 Å². The standard InChI is InChI=1S/C20H24ClN3O2/c1-13-17(21)6-5-7-18(13)23-20(26)14(2)22-16-10-8-15(9-11-16)12-19(25)24(3)4/h5-11,14,22H,12H2,1-4H3,(H,23,26). The number of benzene rings is 2. The molecule has 6 heteroatoms. The highest BCUT2D eigenvalue weighted by atomic mass is 35.5. The molecule has 0 heterocycles. The van der Waals surface area contributed by atoms with Crippen LogP contribution in [0.1, 0.15) is 18.1 Å². The largest absolute Gasteiger partial charge is 0.374 e. The Morgan fingerprint density at radius 3 is 2.38 bits per heavy atom. The lowest BCUT2D eigenvalue weighted by Gasteiger charge is -2.17. The summed E-state index contributed by atoms with van der Waals surface area (Å²) in [5.41, 5.74) is 3.29. The summed E-state index contributed by atoms with van der Waals surface area (Å²) in [5.74, 6) is -0.0995. The van der Waals surface area contributed by atoms with Crippen LogP contribution in [-0.4, -0.2) is 36.9 Å². The summed E-state index contributed by atoms with van der Waals surface area (Å²) >= 11 is 6.08. The number of nitrogens with one attached hydrogen (secondary N) is 2. The molecular formula is C20H24ClN3O2. The molecule has 0 saturated carbocycles. The van der Waals surface area contributed by atoms with Crippen molar-refractivity contribution < 1.29 is 9.59 Å². The summed E-state index contributed by atoms with van der Waals surface area (Å²) < 4.78 is 0. The van der Waals surface area contributed by atoms with Crippen LogP contribution in [0.5, 0.6) is 0 Å². The minimum Gasteiger partial charge on any atom is -0.374 e. The molecule has 0 saturated heterocycles. The van der Waals surface area contributed by atoms with E-state index < -0.39 is 6.04 Å². The molecule has 2 N–H and O–H groups in total. The first-order valence-electron chi connectivity index (χ1n) is 8.39. The molecule has 2 rings (SSSR count). The normalized spacial score (nSPS) is 11.6. The van der Waals surface area contributed by atoms with Crippen LogP contribution >= 0.6 is 11.6 Å². The van der Waals surface area contributed by atoms with Gasteiger partial charge in [-0.15, -0.1) is 0 Å². The molecule has 2 aromatic rings. The molecule has 5 nitrogen and oxygen atoms in total. The second kappa shape index (κ2) is 8.72. The molecule has 0 aliphatic heterocycles. The van der Waals surface area contributed by atoms with Crippen LogP contribution < -0.4 is 10.6 Å². The monoisotopic (exact) mass is 373 g/mol. The number of nitrogens with zero attached hydrogens (tertiary/aromatic N) is 1. The zero-order valence-electron chi connectivity index (χ0n) is 15.5. The number of halogens is 1. The van der Waals surface area contributed by atoms with Crippen molar-refractivity contribution in [3.63, 3.8) is 0 Å². The lowest BCUT2D eigenvalue weighted by molar-refractivity contribution is -0.128. The zero-order chi connectivity index (χ0) is 19.3. The molecule has 0 radical (unpaired) electrons. The third-order valence-electron chi connectivity index (χ3n) is 4.11. The van der Waals surface area contributed by atoms with Crippen molar-refractivity contribution in [3.05, 3.63) is 58.6 Å². The Bertz CT molecular complexity index is 788. The van der Waals surface area contributed by atoms with E-state index in [-0.39, 0.29) is 11.8 Å². The van der Waals surface area contributed by atoms with Gasteiger partial charge in [0.15, 0.2) is 0 Å². The van der Waals surface area contributed by atoms with Gasteiger partial charge in [0.1, 0.15) is 6.04 Å². The van der Waals surface area contributed by atoms with Crippen LogP contribution in [0.25, 0.3) is 0 Å². The lowest BCUT2D eigenvalue weighted by Crippen LogP contribution is -2.32. The van der Waals surface area contributed by atoms with Gasteiger partial charge in [-0.3, -0.25) is 9.59 Å². The molecule has 1 atom stereocenters. The van der Waals surface area contributed by atoms with E-state index >= 15 is 0 Å². The fourth-order valence-electron chi connectivity index (χ4n) is 2.35. The molecule has 2 amide bonds. The number of carbonyl (C=O) groups excluding carboxylic acids is 2. The van der Waals surface area contributed by atoms with E-state index in [2.05, 4.69) is 10.6 Å². The molecular weight excluding hydrogens is 350 g/mol. The molecule has 0 aromatic heterocycles. The molecule has 138 valence electrons. The summed E-state index contributed by atoms with van der Waals surface area (Å²) in [7, 11) is 3.47. The topological polar surface area (TPSA) is 61.4 Å². The fraction of sp³-hybridized carbons (Fsp3) is 0.300. The average Bonchev–Trinajstić information content (AvgIpc) is 2.60. The van der Waals surface area contributed by atoms with Gasteiger partial charge >= 0.3 is 0 Å². The number of hydrogen-bond donors (Lipinski definition) is 2. The third kappa shape index (κ3) is 5.23. The third-order valence-corrected chi connectivity index (χ3v) is 4.52. The first kappa shape index (κ1) is 19.8. The van der Waals surface area contributed by atoms with Crippen molar-refractivity contribution in [2.24, 2.45) is 0 Å². The number of anilines is 2. The van der Waals surface area contributed by atoms with Crippen LogP contribution in [0.4, 0.5) is 11.4 Å². The minimum atomic E-state index is -0.428. The van der Waals surface area contributed by atoms with E-state index in [0.717, 1.165) is 16.8 Å². The van der Waals surface area contributed by atoms with Crippen molar-refractivity contribution in [2.45, 2.75) is 26.3 Å². The van der Waals surface area contributed by atoms with Crippen molar-refractivity contribution >= 4 is 34.8 Å². The minimum absolute atomic E-state index is 0.0512. The predicted molar refractivity (Wildman–Crippen MR) is 107 cm³/mol. The van der Waals surface area contributed by atoms with Crippen LogP contribution in [0.2, 0.25) is 5.02 Å². The van der Waals surface area contributed by atoms with Gasteiger partial charge in [-0.05, 0) is 49.2 Å². The predicted octanol–water partition coefficient (Wildman–Crippen LogP) is 3.72. The average molecular weight is 374 g/mol. The van der Waals surface area contributed by atoms with E-state index in [1.165, 1.54) is 0 Å². The van der Waals surface area contributed by atoms with Crippen molar-refractivity contribution in [1.29, 1.82) is 0 Å². The zero-order valence-corrected chi connectivity index (χ0v) is 16.2. The van der Waals surface area contributed by atoms with Gasteiger partial charge in [-0.25, -0.2) is 0 Å². The Morgan fingerprint density at radius 2 is 1.77 bits per heavy atom. The van der Waals surface area contributed by atoms with Crippen LogP contribution in [0.15, 0.2) is 42.5 Å². The molecule has 26 heavy (non-hydrogen) atoms. The molecule has 2 aromatic carbocycles. The van der Waals surface area contributed by atoms with Gasteiger partial charge < -0.3 is 15.5 Å².